The average Bonchev–Trinajstić information content (AvgIpc) is 3.15. The number of aliphatic hydroxyl groups is 1. The fourth-order valence-electron chi connectivity index (χ4n) is 4.39. The van der Waals surface area contributed by atoms with E-state index in [9.17, 15) is 23.7 Å². The second-order valence-corrected chi connectivity index (χ2v) is 16.7. The number of carbonyl (C=O) groups is 4. The van der Waals surface area contributed by atoms with Crippen LogP contribution >= 0.6 is 16.3 Å². The van der Waals surface area contributed by atoms with E-state index < -0.39 is 40.5 Å². The van der Waals surface area contributed by atoms with Crippen LogP contribution in [0.25, 0.3) is 0 Å². The highest BCUT2D eigenvalue weighted by Gasteiger charge is 2.29. The molecule has 0 aliphatic rings. The summed E-state index contributed by atoms with van der Waals surface area (Å²) in [6.45, 7) is 30.3. The lowest BCUT2D eigenvalue weighted by Gasteiger charge is -2.35. The van der Waals surface area contributed by atoms with Crippen LogP contribution in [0.15, 0.2) is 25.3 Å². The molecule has 0 aromatic carbocycles. The molecule has 0 aliphatic carbocycles. The summed E-state index contributed by atoms with van der Waals surface area (Å²) in [4.78, 5) is 43.3. The molecule has 0 fully saturated rings. The molecular formula is C40H77NO17P2. The second kappa shape index (κ2) is 39.5. The number of hydrogen-bond donors (Lipinski definition) is 1. The first-order valence-electron chi connectivity index (χ1n) is 20.3. The van der Waals surface area contributed by atoms with Crippen LogP contribution in [0.5, 0.6) is 0 Å². The predicted molar refractivity (Wildman–Crippen MR) is 229 cm³/mol. The van der Waals surface area contributed by atoms with Gasteiger partial charge < -0.3 is 42.6 Å². The summed E-state index contributed by atoms with van der Waals surface area (Å²) in [5, 5.41) is 8.88. The van der Waals surface area contributed by atoms with Crippen LogP contribution in [-0.4, -0.2) is 136 Å². The molecule has 0 saturated carbocycles. The van der Waals surface area contributed by atoms with Gasteiger partial charge in [0, 0.05) is 52.6 Å². The van der Waals surface area contributed by atoms with Gasteiger partial charge in [0.25, 0.3) is 8.53 Å². The van der Waals surface area contributed by atoms with E-state index in [2.05, 4.69) is 52.4 Å². The molecule has 0 aromatic heterocycles. The third-order valence-corrected chi connectivity index (χ3v) is 10.2. The van der Waals surface area contributed by atoms with Gasteiger partial charge in [-0.1, -0.05) is 26.0 Å². The summed E-state index contributed by atoms with van der Waals surface area (Å²) in [6, 6.07) is 0.848. The SMILES string of the molecule is C=CCOP(=O)(OCCC)OC[C@H](COCC[C@@H](C)OC(C)=O)OC(C)=O.C=CCOP(OCCC)N(C(C)C)C(C)C.CC(=O)O[C@H](CO)COCC[C@@H](C)OC(C)=O. The van der Waals surface area contributed by atoms with E-state index in [0.717, 1.165) is 13.0 Å². The van der Waals surface area contributed by atoms with Gasteiger partial charge in [0.1, 0.15) is 24.4 Å². The molecule has 20 heteroatoms. The van der Waals surface area contributed by atoms with Crippen molar-refractivity contribution in [3.8, 4) is 0 Å². The Kier molecular flexibility index (Phi) is 40.8. The van der Waals surface area contributed by atoms with E-state index in [1.807, 2.05) is 6.92 Å². The molecule has 0 bridgehead atoms. The molecule has 0 aliphatic heterocycles. The van der Waals surface area contributed by atoms with Gasteiger partial charge in [-0.25, -0.2) is 9.24 Å². The van der Waals surface area contributed by atoms with Crippen molar-refractivity contribution in [1.82, 2.24) is 4.67 Å². The first kappa shape index (κ1) is 62.0. The van der Waals surface area contributed by atoms with Crippen molar-refractivity contribution >= 4 is 40.2 Å². The summed E-state index contributed by atoms with van der Waals surface area (Å²) in [7, 11) is -4.75. The molecule has 6 atom stereocenters. The number of esters is 4. The lowest BCUT2D eigenvalue weighted by Crippen LogP contribution is -2.33. The lowest BCUT2D eigenvalue weighted by atomic mass is 10.3. The molecule has 1 N–H and O–H groups in total. The van der Waals surface area contributed by atoms with Gasteiger partial charge >= 0.3 is 31.7 Å². The molecule has 354 valence electrons. The van der Waals surface area contributed by atoms with Crippen molar-refractivity contribution in [3.05, 3.63) is 25.3 Å². The van der Waals surface area contributed by atoms with Crippen LogP contribution in [0.2, 0.25) is 0 Å². The number of hydrogen-bond acceptors (Lipinski definition) is 18. The van der Waals surface area contributed by atoms with Gasteiger partial charge in [0.15, 0.2) is 0 Å². The number of aliphatic hydroxyl groups excluding tert-OH is 1. The maximum atomic E-state index is 12.5. The standard InChI is InChI=1S/C17H31O9P.C12H26NO2P.C11H20O6/c1-6-9-22-27(20,23-10-7-2)24-13-17(26-16(5)19)12-21-11-8-14(3)25-15(4)18;1-7-9-14-16(15-10-8-2)13(11(3)4)12(5)6;1-8(16-9(2)13)4-5-15-7-11(6-12)17-10(3)14/h6,14,17H,1,7-13H2,2-5H3;7,11-12H,1,8-10H2,2-6H3;8,11-12H,4-7H2,1-3H3/t14-,17+,27?;;8-,11-/m1.1/s1. The van der Waals surface area contributed by atoms with Crippen LogP contribution in [0.3, 0.4) is 0 Å². The maximum Gasteiger partial charge on any atom is 0.475 e. The Balaban J connectivity index is -0.000000856. The van der Waals surface area contributed by atoms with E-state index in [4.69, 9.17) is 56.1 Å². The zero-order chi connectivity index (χ0) is 46.5. The zero-order valence-corrected chi connectivity index (χ0v) is 40.0. The lowest BCUT2D eigenvalue weighted by molar-refractivity contribution is -0.153. The van der Waals surface area contributed by atoms with Crippen LogP contribution in [-0.2, 0) is 74.8 Å². The van der Waals surface area contributed by atoms with E-state index >= 15 is 0 Å². The number of ether oxygens (including phenoxy) is 6. The van der Waals surface area contributed by atoms with Gasteiger partial charge in [-0.3, -0.25) is 32.7 Å². The number of phosphoric ester groups is 1. The number of carbonyl (C=O) groups excluding carboxylic acids is 4. The largest absolute Gasteiger partial charge is 0.475 e. The molecule has 18 nitrogen and oxygen atoms in total. The summed E-state index contributed by atoms with van der Waals surface area (Å²) in [5.41, 5.74) is 0. The minimum absolute atomic E-state index is 0.0102. The Morgan fingerprint density at radius 2 is 1.07 bits per heavy atom. The first-order chi connectivity index (χ1) is 28.2. The summed E-state index contributed by atoms with van der Waals surface area (Å²) in [6.07, 6.45) is 3.92. The van der Waals surface area contributed by atoms with Crippen LogP contribution < -0.4 is 0 Å². The monoisotopic (exact) mass is 905 g/mol. The second-order valence-electron chi connectivity index (χ2n) is 13.6. The molecule has 0 rings (SSSR count). The number of phosphoric acid groups is 1. The van der Waals surface area contributed by atoms with Crippen molar-refractivity contribution in [3.63, 3.8) is 0 Å². The molecule has 60 heavy (non-hydrogen) atoms. The Morgan fingerprint density at radius 1 is 0.617 bits per heavy atom. The quantitative estimate of drug-likeness (QED) is 0.0226. The normalized spacial score (nSPS) is 14.5. The van der Waals surface area contributed by atoms with Crippen LogP contribution in [0.1, 0.15) is 109 Å². The third kappa shape index (κ3) is 38.6. The predicted octanol–water partition coefficient (Wildman–Crippen LogP) is 7.26. The molecule has 0 aromatic rings. The van der Waals surface area contributed by atoms with E-state index in [-0.39, 0.29) is 70.4 Å². The number of rotatable bonds is 33. The van der Waals surface area contributed by atoms with Crippen molar-refractivity contribution in [2.24, 2.45) is 0 Å². The Morgan fingerprint density at radius 3 is 1.47 bits per heavy atom. The van der Waals surface area contributed by atoms with Crippen LogP contribution in [0.4, 0.5) is 0 Å². The molecule has 2 unspecified atom stereocenters. The first-order valence-corrected chi connectivity index (χ1v) is 22.9. The molecule has 0 amide bonds. The third-order valence-electron chi connectivity index (χ3n) is 6.73. The molecule has 0 radical (unpaired) electrons. The van der Waals surface area contributed by atoms with Gasteiger partial charge in [-0.05, 0) is 54.4 Å². The Hall–Kier alpha value is -2.34. The minimum Gasteiger partial charge on any atom is -0.463 e. The van der Waals surface area contributed by atoms with Gasteiger partial charge in [0.05, 0.1) is 66.1 Å². The highest BCUT2D eigenvalue weighted by molar-refractivity contribution is 7.48. The topological polar surface area (TPSA) is 210 Å². The molecule has 0 saturated heterocycles. The van der Waals surface area contributed by atoms with Gasteiger partial charge in [-0.15, -0.1) is 13.2 Å². The zero-order valence-electron chi connectivity index (χ0n) is 38.3. The van der Waals surface area contributed by atoms with Gasteiger partial charge in [-0.2, -0.15) is 0 Å². The smallest absolute Gasteiger partial charge is 0.463 e. The van der Waals surface area contributed by atoms with Crippen molar-refractivity contribution in [1.29, 1.82) is 0 Å². The van der Waals surface area contributed by atoms with Crippen LogP contribution in [0, 0.1) is 0 Å². The van der Waals surface area contributed by atoms with Crippen molar-refractivity contribution in [2.45, 2.75) is 145 Å². The van der Waals surface area contributed by atoms with E-state index in [1.54, 1.807) is 19.9 Å². The highest BCUT2D eigenvalue weighted by atomic mass is 31.2. The fourth-order valence-corrected chi connectivity index (χ4v) is 7.32. The summed E-state index contributed by atoms with van der Waals surface area (Å²) in [5.74, 6) is -1.68. The molecule has 0 heterocycles. The fraction of sp³-hybridized carbons (Fsp3) is 0.800. The molecule has 0 spiro atoms. The van der Waals surface area contributed by atoms with E-state index in [0.29, 0.717) is 44.6 Å². The Bertz CT molecular complexity index is 1180. The number of nitrogens with zero attached hydrogens (tertiary/aromatic N) is 1. The van der Waals surface area contributed by atoms with Crippen molar-refractivity contribution in [2.75, 3.05) is 66.1 Å². The minimum atomic E-state index is -3.80. The summed E-state index contributed by atoms with van der Waals surface area (Å²) >= 11 is 0. The highest BCUT2D eigenvalue weighted by Crippen LogP contribution is 2.49. The Labute approximate surface area is 360 Å². The maximum absolute atomic E-state index is 12.5. The summed E-state index contributed by atoms with van der Waals surface area (Å²) < 4.78 is 72.2. The van der Waals surface area contributed by atoms with E-state index in [1.165, 1.54) is 33.8 Å². The van der Waals surface area contributed by atoms with Gasteiger partial charge in [0.2, 0.25) is 0 Å². The van der Waals surface area contributed by atoms with Crippen molar-refractivity contribution < 1.29 is 79.9 Å². The molecular weight excluding hydrogens is 828 g/mol. The average molecular weight is 906 g/mol.